The Labute approximate surface area is 104 Å². The topological polar surface area (TPSA) is 34.1 Å². The molecule has 0 radical (unpaired) electrons. The van der Waals surface area contributed by atoms with Crippen molar-refractivity contribution in [2.75, 3.05) is 0 Å². The molecule has 15 heavy (non-hydrogen) atoms. The van der Waals surface area contributed by atoms with Gasteiger partial charge in [-0.05, 0) is 30.1 Å². The molecule has 0 aromatic rings. The maximum Gasteiger partial charge on any atom is 0.146 e. The molecule has 0 saturated carbocycles. The van der Waals surface area contributed by atoms with Crippen LogP contribution in [0.1, 0.15) is 40.5 Å². The van der Waals surface area contributed by atoms with Crippen LogP contribution < -0.4 is 0 Å². The van der Waals surface area contributed by atoms with Crippen LogP contribution in [0.15, 0.2) is 0 Å². The number of hydrogen-bond acceptors (Lipinski definition) is 5. The molecule has 0 rings (SSSR count). The molecule has 0 spiro atoms. The summed E-state index contributed by atoms with van der Waals surface area (Å²) in [4.78, 5) is 22.4. The Balaban J connectivity index is 3.77. The molecule has 0 N–H and O–H groups in total. The predicted octanol–water partition coefficient (Wildman–Crippen LogP) is 3.75. The fraction of sp³-hybridized carbons (Fsp3) is 0.800. The van der Waals surface area contributed by atoms with E-state index in [0.29, 0.717) is 6.42 Å². The van der Waals surface area contributed by atoms with Crippen molar-refractivity contribution in [3.63, 3.8) is 0 Å². The van der Waals surface area contributed by atoms with Crippen LogP contribution in [-0.2, 0) is 9.59 Å². The summed E-state index contributed by atoms with van der Waals surface area (Å²) >= 11 is 0. The van der Waals surface area contributed by atoms with Gasteiger partial charge in [0.2, 0.25) is 0 Å². The second-order valence-electron chi connectivity index (χ2n) is 3.23. The van der Waals surface area contributed by atoms with Gasteiger partial charge in [0, 0.05) is 6.42 Å². The third-order valence-electron chi connectivity index (χ3n) is 1.97. The highest BCUT2D eigenvalue weighted by atomic mass is 33.5. The first-order valence-electron chi connectivity index (χ1n) is 5.04. The van der Waals surface area contributed by atoms with Crippen LogP contribution in [0.3, 0.4) is 0 Å². The zero-order valence-electron chi connectivity index (χ0n) is 9.61. The number of carbonyl (C=O) groups excluding carboxylic acids is 2. The Kier molecular flexibility index (Phi) is 8.75. The van der Waals surface area contributed by atoms with E-state index in [2.05, 4.69) is 0 Å². The molecule has 5 heteroatoms. The molecule has 0 amide bonds. The van der Waals surface area contributed by atoms with Gasteiger partial charge >= 0.3 is 0 Å². The molecule has 2 nitrogen and oxygen atoms in total. The number of carbonyl (C=O) groups is 2. The van der Waals surface area contributed by atoms with Crippen molar-refractivity contribution in [3.05, 3.63) is 0 Å². The quantitative estimate of drug-likeness (QED) is 0.625. The number of hydrogen-bond donors (Lipinski definition) is 0. The van der Waals surface area contributed by atoms with E-state index in [9.17, 15) is 9.59 Å². The number of ketones is 2. The van der Waals surface area contributed by atoms with E-state index < -0.39 is 0 Å². The van der Waals surface area contributed by atoms with Crippen molar-refractivity contribution in [1.29, 1.82) is 0 Å². The Morgan fingerprint density at radius 3 is 2.20 bits per heavy atom. The van der Waals surface area contributed by atoms with Crippen LogP contribution in [0.25, 0.3) is 0 Å². The van der Waals surface area contributed by atoms with Gasteiger partial charge in [-0.25, -0.2) is 0 Å². The van der Waals surface area contributed by atoms with E-state index in [0.717, 1.165) is 6.42 Å². The van der Waals surface area contributed by atoms with Gasteiger partial charge in [-0.15, -0.1) is 0 Å². The Morgan fingerprint density at radius 2 is 1.80 bits per heavy atom. The lowest BCUT2D eigenvalue weighted by atomic mass is 10.2. The minimum atomic E-state index is 0.0250. The van der Waals surface area contributed by atoms with Crippen LogP contribution in [0.4, 0.5) is 0 Å². The molecule has 2 unspecified atom stereocenters. The highest BCUT2D eigenvalue weighted by molar-refractivity contribution is 9.09. The van der Waals surface area contributed by atoms with Crippen LogP contribution >= 0.6 is 31.4 Å². The lowest BCUT2D eigenvalue weighted by Crippen LogP contribution is -2.11. The third-order valence-corrected chi connectivity index (χ3v) is 7.02. The van der Waals surface area contributed by atoms with Gasteiger partial charge in [0.25, 0.3) is 0 Å². The van der Waals surface area contributed by atoms with E-state index in [1.807, 2.05) is 20.8 Å². The molecule has 0 aromatic carbocycles. The lowest BCUT2D eigenvalue weighted by Gasteiger charge is -2.11. The Hall–Kier alpha value is 0.390. The monoisotopic (exact) mass is 266 g/mol. The van der Waals surface area contributed by atoms with E-state index >= 15 is 0 Å². The van der Waals surface area contributed by atoms with Crippen molar-refractivity contribution in [2.45, 2.75) is 51.0 Å². The van der Waals surface area contributed by atoms with E-state index in [-0.39, 0.29) is 22.1 Å². The van der Waals surface area contributed by atoms with Crippen LogP contribution in [0, 0.1) is 0 Å². The summed E-state index contributed by atoms with van der Waals surface area (Å²) in [6.07, 6.45) is 1.44. The van der Waals surface area contributed by atoms with Gasteiger partial charge in [-0.2, -0.15) is 0 Å². The largest absolute Gasteiger partial charge is 0.299 e. The van der Waals surface area contributed by atoms with Gasteiger partial charge in [0.05, 0.1) is 10.5 Å². The number of rotatable bonds is 8. The maximum absolute atomic E-state index is 11.3. The summed E-state index contributed by atoms with van der Waals surface area (Å²) in [5.74, 6) is 0.481. The molecule has 0 heterocycles. The average molecular weight is 266 g/mol. The smallest absolute Gasteiger partial charge is 0.146 e. The second kappa shape index (κ2) is 8.53. The van der Waals surface area contributed by atoms with E-state index in [1.54, 1.807) is 38.3 Å². The Morgan fingerprint density at radius 1 is 1.20 bits per heavy atom. The third kappa shape index (κ3) is 6.53. The van der Waals surface area contributed by atoms with Gasteiger partial charge in [-0.3, -0.25) is 9.59 Å². The van der Waals surface area contributed by atoms with E-state index in [1.165, 1.54) is 0 Å². The van der Waals surface area contributed by atoms with Gasteiger partial charge in [-0.1, -0.05) is 35.4 Å². The zero-order chi connectivity index (χ0) is 11.8. The van der Waals surface area contributed by atoms with Crippen molar-refractivity contribution in [3.8, 4) is 0 Å². The average Bonchev–Trinajstić information content (AvgIpc) is 2.22. The highest BCUT2D eigenvalue weighted by Gasteiger charge is 2.16. The normalized spacial score (nSPS) is 14.7. The Bertz CT molecular complexity index is 219. The molecule has 0 aromatic heterocycles. The van der Waals surface area contributed by atoms with Crippen molar-refractivity contribution in [1.82, 2.24) is 0 Å². The second-order valence-corrected chi connectivity index (χ2v) is 7.81. The highest BCUT2D eigenvalue weighted by Crippen LogP contribution is 2.41. The SMILES string of the molecule is CCC(=O)C(C)SSSC(CC)C(C)=O. The maximum atomic E-state index is 11.3. The van der Waals surface area contributed by atoms with Crippen molar-refractivity contribution >= 4 is 43.0 Å². The van der Waals surface area contributed by atoms with Gasteiger partial charge in [0.1, 0.15) is 11.6 Å². The van der Waals surface area contributed by atoms with Crippen LogP contribution in [0.5, 0.6) is 0 Å². The first-order valence-corrected chi connectivity index (χ1v) is 8.65. The molecule has 0 aliphatic rings. The first kappa shape index (κ1) is 15.4. The minimum Gasteiger partial charge on any atom is -0.299 e. The van der Waals surface area contributed by atoms with Crippen LogP contribution in [-0.4, -0.2) is 22.1 Å². The fourth-order valence-electron chi connectivity index (χ4n) is 0.893. The molecule has 0 fully saturated rings. The lowest BCUT2D eigenvalue weighted by molar-refractivity contribution is -0.118. The van der Waals surface area contributed by atoms with Gasteiger partial charge < -0.3 is 0 Å². The summed E-state index contributed by atoms with van der Waals surface area (Å²) in [5.41, 5.74) is 0. The summed E-state index contributed by atoms with van der Waals surface area (Å²) < 4.78 is 0. The van der Waals surface area contributed by atoms with Crippen molar-refractivity contribution in [2.24, 2.45) is 0 Å². The summed E-state index contributed by atoms with van der Waals surface area (Å²) in [6, 6.07) is 0. The summed E-state index contributed by atoms with van der Waals surface area (Å²) in [5, 5.41) is 0.0865. The molecule has 0 saturated heterocycles. The standard InChI is InChI=1S/C10H18O2S3/c1-5-9(12)8(4)13-15-14-10(6-2)7(3)11/h8,10H,5-6H2,1-4H3. The fourth-order valence-corrected chi connectivity index (χ4v) is 5.93. The molecule has 0 bridgehead atoms. The predicted molar refractivity (Wildman–Crippen MR) is 72.3 cm³/mol. The summed E-state index contributed by atoms with van der Waals surface area (Å²) in [7, 11) is 4.67. The molecular weight excluding hydrogens is 248 g/mol. The van der Waals surface area contributed by atoms with E-state index in [4.69, 9.17) is 0 Å². The first-order chi connectivity index (χ1) is 7.02. The minimum absolute atomic E-state index is 0.0250. The molecular formula is C10H18O2S3. The molecule has 0 aliphatic carbocycles. The molecule has 2 atom stereocenters. The molecule has 88 valence electrons. The molecule has 0 aliphatic heterocycles. The van der Waals surface area contributed by atoms with Gasteiger partial charge in [0.15, 0.2) is 0 Å². The zero-order valence-corrected chi connectivity index (χ0v) is 12.1. The van der Waals surface area contributed by atoms with Crippen molar-refractivity contribution < 1.29 is 9.59 Å². The number of Topliss-reactive ketones (excluding diaryl/α,β-unsaturated/α-hetero) is 2. The summed E-state index contributed by atoms with van der Waals surface area (Å²) in [6.45, 7) is 7.42. The van der Waals surface area contributed by atoms with Crippen LogP contribution in [0.2, 0.25) is 0 Å².